The van der Waals surface area contributed by atoms with Crippen LogP contribution in [0.5, 0.6) is 0 Å². The highest BCUT2D eigenvalue weighted by Gasteiger charge is 2.23. The smallest absolute Gasteiger partial charge is 0.253 e. The van der Waals surface area contributed by atoms with E-state index in [4.69, 9.17) is 9.15 Å². The Morgan fingerprint density at radius 3 is 2.67 bits per heavy atom. The van der Waals surface area contributed by atoms with Crippen molar-refractivity contribution in [2.24, 2.45) is 0 Å². The van der Waals surface area contributed by atoms with Crippen LogP contribution in [0.2, 0.25) is 0 Å². The maximum Gasteiger partial charge on any atom is 0.253 e. The number of carbonyl (C=O) groups excluding carboxylic acids is 1. The van der Waals surface area contributed by atoms with Gasteiger partial charge in [0, 0.05) is 18.0 Å². The monoisotopic (exact) mass is 286 g/mol. The normalized spacial score (nSPS) is 17.6. The van der Waals surface area contributed by atoms with E-state index in [0.29, 0.717) is 13.2 Å². The summed E-state index contributed by atoms with van der Waals surface area (Å²) < 4.78 is 10.6. The molecule has 5 heteroatoms. The van der Waals surface area contributed by atoms with Gasteiger partial charge in [-0.2, -0.15) is 0 Å². The first-order chi connectivity index (χ1) is 10.3. The standard InChI is InChI=1S/C16H18N2O3/c19-16(15-4-2-10-21-15)18-13-7-5-12(6-8-13)17-11-14-3-1-9-20-14/h1,3,5-9,15,17H,2,4,10-11H2,(H,18,19). The molecule has 5 nitrogen and oxygen atoms in total. The Morgan fingerprint density at radius 1 is 1.19 bits per heavy atom. The van der Waals surface area contributed by atoms with Crippen LogP contribution in [-0.4, -0.2) is 18.6 Å². The third-order valence-corrected chi connectivity index (χ3v) is 3.42. The third-order valence-electron chi connectivity index (χ3n) is 3.42. The highest BCUT2D eigenvalue weighted by Crippen LogP contribution is 2.17. The predicted octanol–water partition coefficient (Wildman–Crippen LogP) is 3.01. The first kappa shape index (κ1) is 13.7. The average Bonchev–Trinajstić information content (AvgIpc) is 3.20. The summed E-state index contributed by atoms with van der Waals surface area (Å²) in [4.78, 5) is 11.9. The molecule has 1 fully saturated rings. The summed E-state index contributed by atoms with van der Waals surface area (Å²) in [5.74, 6) is 0.814. The third kappa shape index (κ3) is 3.64. The van der Waals surface area contributed by atoms with E-state index in [9.17, 15) is 4.79 Å². The molecule has 0 bridgehead atoms. The van der Waals surface area contributed by atoms with Crippen LogP contribution in [0.3, 0.4) is 0 Å². The van der Waals surface area contributed by atoms with Gasteiger partial charge < -0.3 is 19.8 Å². The summed E-state index contributed by atoms with van der Waals surface area (Å²) in [6.45, 7) is 1.31. The van der Waals surface area contributed by atoms with Crippen LogP contribution >= 0.6 is 0 Å². The molecular weight excluding hydrogens is 268 g/mol. The van der Waals surface area contributed by atoms with Gasteiger partial charge in [-0.1, -0.05) is 0 Å². The van der Waals surface area contributed by atoms with E-state index in [1.807, 2.05) is 36.4 Å². The molecule has 110 valence electrons. The lowest BCUT2D eigenvalue weighted by Crippen LogP contribution is -2.26. The van der Waals surface area contributed by atoms with Gasteiger partial charge in [-0.25, -0.2) is 0 Å². The summed E-state index contributed by atoms with van der Waals surface area (Å²) in [5, 5.41) is 6.12. The molecule has 1 aliphatic heterocycles. The number of carbonyl (C=O) groups is 1. The SMILES string of the molecule is O=C(Nc1ccc(NCc2ccco2)cc1)C1CCCO1. The van der Waals surface area contributed by atoms with Crippen LogP contribution in [0, 0.1) is 0 Å². The Labute approximate surface area is 123 Å². The molecule has 0 spiro atoms. The number of anilines is 2. The lowest BCUT2D eigenvalue weighted by molar-refractivity contribution is -0.124. The van der Waals surface area contributed by atoms with Crippen molar-refractivity contribution in [3.63, 3.8) is 0 Å². The van der Waals surface area contributed by atoms with Crippen molar-refractivity contribution in [1.82, 2.24) is 0 Å². The van der Waals surface area contributed by atoms with E-state index < -0.39 is 0 Å². The molecule has 2 aromatic rings. The molecule has 2 heterocycles. The summed E-state index contributed by atoms with van der Waals surface area (Å²) in [6.07, 6.45) is 3.10. The number of amides is 1. The number of hydrogen-bond acceptors (Lipinski definition) is 4. The van der Waals surface area contributed by atoms with E-state index in [2.05, 4.69) is 10.6 Å². The van der Waals surface area contributed by atoms with E-state index in [1.165, 1.54) is 0 Å². The Balaban J connectivity index is 1.52. The van der Waals surface area contributed by atoms with Crippen LogP contribution < -0.4 is 10.6 Å². The number of rotatable bonds is 5. The van der Waals surface area contributed by atoms with Crippen molar-refractivity contribution in [3.05, 3.63) is 48.4 Å². The Morgan fingerprint density at radius 2 is 2.00 bits per heavy atom. The minimum atomic E-state index is -0.304. The van der Waals surface area contributed by atoms with Crippen molar-refractivity contribution in [2.45, 2.75) is 25.5 Å². The van der Waals surface area contributed by atoms with Crippen LogP contribution in [0.1, 0.15) is 18.6 Å². The Kier molecular flexibility index (Phi) is 4.21. The summed E-state index contributed by atoms with van der Waals surface area (Å²) in [6, 6.07) is 11.4. The maximum absolute atomic E-state index is 11.9. The molecule has 21 heavy (non-hydrogen) atoms. The molecule has 0 saturated carbocycles. The number of ether oxygens (including phenoxy) is 1. The fourth-order valence-corrected chi connectivity index (χ4v) is 2.28. The second kappa shape index (κ2) is 6.45. The molecule has 3 rings (SSSR count). The van der Waals surface area contributed by atoms with Crippen LogP contribution in [0.15, 0.2) is 47.1 Å². The van der Waals surface area contributed by atoms with Crippen LogP contribution in [0.4, 0.5) is 11.4 Å². The summed E-state index contributed by atoms with van der Waals surface area (Å²) >= 11 is 0. The zero-order chi connectivity index (χ0) is 14.5. The summed E-state index contributed by atoms with van der Waals surface area (Å²) in [7, 11) is 0. The molecule has 1 amide bonds. The largest absolute Gasteiger partial charge is 0.467 e. The molecule has 1 aromatic heterocycles. The lowest BCUT2D eigenvalue weighted by Gasteiger charge is -2.11. The van der Waals surface area contributed by atoms with E-state index in [0.717, 1.165) is 30.0 Å². The van der Waals surface area contributed by atoms with Gasteiger partial charge in [-0.05, 0) is 49.2 Å². The van der Waals surface area contributed by atoms with Gasteiger partial charge in [-0.15, -0.1) is 0 Å². The molecular formula is C16H18N2O3. The van der Waals surface area contributed by atoms with Gasteiger partial charge in [-0.3, -0.25) is 4.79 Å². The molecule has 1 saturated heterocycles. The molecule has 2 N–H and O–H groups in total. The number of nitrogens with one attached hydrogen (secondary N) is 2. The Hall–Kier alpha value is -2.27. The van der Waals surface area contributed by atoms with Gasteiger partial charge in [0.25, 0.3) is 5.91 Å². The fourth-order valence-electron chi connectivity index (χ4n) is 2.28. The van der Waals surface area contributed by atoms with Gasteiger partial charge in [0.1, 0.15) is 11.9 Å². The second-order valence-corrected chi connectivity index (χ2v) is 5.00. The predicted molar refractivity (Wildman–Crippen MR) is 80.1 cm³/mol. The van der Waals surface area contributed by atoms with Crippen LogP contribution in [-0.2, 0) is 16.1 Å². The zero-order valence-corrected chi connectivity index (χ0v) is 11.7. The van der Waals surface area contributed by atoms with Crippen molar-refractivity contribution in [2.75, 3.05) is 17.2 Å². The quantitative estimate of drug-likeness (QED) is 0.887. The van der Waals surface area contributed by atoms with Gasteiger partial charge in [0.05, 0.1) is 12.8 Å². The highest BCUT2D eigenvalue weighted by molar-refractivity contribution is 5.94. The minimum absolute atomic E-state index is 0.0659. The van der Waals surface area contributed by atoms with Gasteiger partial charge in [0.15, 0.2) is 0 Å². The molecule has 1 aromatic carbocycles. The topological polar surface area (TPSA) is 63.5 Å². The fraction of sp³-hybridized carbons (Fsp3) is 0.312. The van der Waals surface area contributed by atoms with Gasteiger partial charge >= 0.3 is 0 Å². The van der Waals surface area contributed by atoms with E-state index >= 15 is 0 Å². The zero-order valence-electron chi connectivity index (χ0n) is 11.7. The van der Waals surface area contributed by atoms with Crippen LogP contribution in [0.25, 0.3) is 0 Å². The maximum atomic E-state index is 11.9. The van der Waals surface area contributed by atoms with E-state index in [-0.39, 0.29) is 12.0 Å². The molecule has 1 atom stereocenters. The molecule has 0 radical (unpaired) electrons. The molecule has 0 aliphatic carbocycles. The lowest BCUT2D eigenvalue weighted by atomic mass is 10.2. The first-order valence-corrected chi connectivity index (χ1v) is 7.10. The second-order valence-electron chi connectivity index (χ2n) is 5.00. The van der Waals surface area contributed by atoms with Crippen molar-refractivity contribution in [1.29, 1.82) is 0 Å². The van der Waals surface area contributed by atoms with E-state index in [1.54, 1.807) is 6.26 Å². The van der Waals surface area contributed by atoms with Gasteiger partial charge in [0.2, 0.25) is 0 Å². The highest BCUT2D eigenvalue weighted by atomic mass is 16.5. The molecule has 1 unspecified atom stereocenters. The first-order valence-electron chi connectivity index (χ1n) is 7.10. The average molecular weight is 286 g/mol. The summed E-state index contributed by atoms with van der Waals surface area (Å²) in [5.41, 5.74) is 1.75. The molecule has 1 aliphatic rings. The Bertz CT molecular complexity index is 572. The minimum Gasteiger partial charge on any atom is -0.467 e. The number of furan rings is 1. The van der Waals surface area contributed by atoms with Crippen molar-refractivity contribution in [3.8, 4) is 0 Å². The number of benzene rings is 1. The van der Waals surface area contributed by atoms with Crippen molar-refractivity contribution < 1.29 is 13.9 Å². The number of hydrogen-bond donors (Lipinski definition) is 2. The van der Waals surface area contributed by atoms with Crippen molar-refractivity contribution >= 4 is 17.3 Å².